The number of aliphatic hydroxyl groups excluding tert-OH is 1. The Bertz CT molecular complexity index is 471. The molecule has 0 aromatic heterocycles. The van der Waals surface area contributed by atoms with Crippen LogP contribution < -0.4 is 0 Å². The lowest BCUT2D eigenvalue weighted by atomic mass is 10.1. The summed E-state index contributed by atoms with van der Waals surface area (Å²) in [6.07, 6.45) is -4.55. The molecule has 1 aromatic carbocycles. The molecule has 0 aliphatic carbocycles. The average Bonchev–Trinajstić information content (AvgIpc) is 2.42. The molecule has 1 aliphatic heterocycles. The molecule has 1 aromatic rings. The van der Waals surface area contributed by atoms with Gasteiger partial charge in [0.2, 0.25) is 0 Å². The van der Waals surface area contributed by atoms with Crippen molar-refractivity contribution in [2.24, 2.45) is 0 Å². The highest BCUT2D eigenvalue weighted by molar-refractivity contribution is 5.30. The molecule has 0 radical (unpaired) electrons. The number of alkyl halides is 3. The van der Waals surface area contributed by atoms with Crippen molar-refractivity contribution < 1.29 is 22.7 Å². The Hall–Kier alpha value is -1.18. The van der Waals surface area contributed by atoms with Crippen LogP contribution in [-0.2, 0) is 12.7 Å². The number of nitrogens with zero attached hydrogens (tertiary/aromatic N) is 2. The molecule has 118 valence electrons. The molecule has 1 N–H and O–H groups in total. The molecule has 0 bridgehead atoms. The van der Waals surface area contributed by atoms with Gasteiger partial charge in [-0.25, -0.2) is 4.39 Å². The van der Waals surface area contributed by atoms with Crippen LogP contribution in [0.3, 0.4) is 0 Å². The standard InChI is InChI=1S/C14H18F4N2O/c15-12-2-1-11(13(9-12)14(16,17)18)10-20-5-3-19(4-6-20)7-8-21/h1-2,9,21H,3-8,10H2. The Morgan fingerprint density at radius 2 is 1.67 bits per heavy atom. The lowest BCUT2D eigenvalue weighted by Gasteiger charge is -2.34. The van der Waals surface area contributed by atoms with Crippen molar-refractivity contribution in [3.63, 3.8) is 0 Å². The van der Waals surface area contributed by atoms with E-state index in [1.165, 1.54) is 6.07 Å². The quantitative estimate of drug-likeness (QED) is 0.862. The number of piperazine rings is 1. The summed E-state index contributed by atoms with van der Waals surface area (Å²) in [7, 11) is 0. The molecule has 1 aliphatic rings. The summed E-state index contributed by atoms with van der Waals surface area (Å²) in [6, 6.07) is 2.82. The number of aliphatic hydroxyl groups is 1. The summed E-state index contributed by atoms with van der Waals surface area (Å²) in [6.45, 7) is 3.51. The minimum absolute atomic E-state index is 0.0795. The third-order valence-electron chi connectivity index (χ3n) is 3.65. The first-order valence-corrected chi connectivity index (χ1v) is 6.81. The summed E-state index contributed by atoms with van der Waals surface area (Å²) in [5.74, 6) is -0.876. The summed E-state index contributed by atoms with van der Waals surface area (Å²) < 4.78 is 51.8. The molecule has 0 saturated carbocycles. The van der Waals surface area contributed by atoms with Crippen LogP contribution in [0.4, 0.5) is 17.6 Å². The van der Waals surface area contributed by atoms with E-state index in [9.17, 15) is 17.6 Å². The predicted molar refractivity (Wildman–Crippen MR) is 70.2 cm³/mol. The van der Waals surface area contributed by atoms with Crippen molar-refractivity contribution in [2.75, 3.05) is 39.3 Å². The van der Waals surface area contributed by atoms with Crippen LogP contribution in [0.1, 0.15) is 11.1 Å². The van der Waals surface area contributed by atoms with E-state index in [4.69, 9.17) is 5.11 Å². The Morgan fingerprint density at radius 1 is 1.05 bits per heavy atom. The lowest BCUT2D eigenvalue weighted by molar-refractivity contribution is -0.138. The van der Waals surface area contributed by atoms with Gasteiger partial charge < -0.3 is 5.11 Å². The first-order valence-electron chi connectivity index (χ1n) is 6.81. The number of rotatable bonds is 4. The number of benzene rings is 1. The predicted octanol–water partition coefficient (Wildman–Crippen LogP) is 1.95. The zero-order valence-corrected chi connectivity index (χ0v) is 11.5. The van der Waals surface area contributed by atoms with E-state index in [2.05, 4.69) is 4.90 Å². The largest absolute Gasteiger partial charge is 0.416 e. The smallest absolute Gasteiger partial charge is 0.395 e. The van der Waals surface area contributed by atoms with Gasteiger partial charge in [0.05, 0.1) is 12.2 Å². The molecule has 7 heteroatoms. The second-order valence-electron chi connectivity index (χ2n) is 5.14. The van der Waals surface area contributed by atoms with E-state index in [0.717, 1.165) is 6.07 Å². The van der Waals surface area contributed by atoms with E-state index in [1.807, 2.05) is 4.90 Å². The molecule has 1 fully saturated rings. The lowest BCUT2D eigenvalue weighted by Crippen LogP contribution is -2.46. The van der Waals surface area contributed by atoms with Crippen molar-refractivity contribution in [2.45, 2.75) is 12.7 Å². The van der Waals surface area contributed by atoms with Crippen molar-refractivity contribution >= 4 is 0 Å². The molecule has 0 spiro atoms. The minimum Gasteiger partial charge on any atom is -0.395 e. The molecular weight excluding hydrogens is 288 g/mol. The first-order chi connectivity index (χ1) is 9.90. The Balaban J connectivity index is 2.04. The van der Waals surface area contributed by atoms with Crippen LogP contribution in [0.25, 0.3) is 0 Å². The fourth-order valence-electron chi connectivity index (χ4n) is 2.50. The molecule has 0 unspecified atom stereocenters. The van der Waals surface area contributed by atoms with Crippen molar-refractivity contribution in [1.29, 1.82) is 0 Å². The number of β-amino-alcohol motifs (C(OH)–C–C–N with tert-alkyl or cyclic N) is 1. The van der Waals surface area contributed by atoms with Gasteiger partial charge in [-0.3, -0.25) is 9.80 Å². The summed E-state index contributed by atoms with van der Waals surface area (Å²) in [5.41, 5.74) is -0.806. The van der Waals surface area contributed by atoms with E-state index in [0.29, 0.717) is 38.8 Å². The molecule has 3 nitrogen and oxygen atoms in total. The fraction of sp³-hybridized carbons (Fsp3) is 0.571. The van der Waals surface area contributed by atoms with Gasteiger partial charge in [-0.15, -0.1) is 0 Å². The van der Waals surface area contributed by atoms with Crippen molar-refractivity contribution in [3.05, 3.63) is 35.1 Å². The van der Waals surface area contributed by atoms with Crippen LogP contribution in [0, 0.1) is 5.82 Å². The normalized spacial score (nSPS) is 18.1. The van der Waals surface area contributed by atoms with Gasteiger partial charge in [-0.2, -0.15) is 13.2 Å². The molecular formula is C14H18F4N2O. The Morgan fingerprint density at radius 3 is 2.24 bits per heavy atom. The van der Waals surface area contributed by atoms with E-state index in [1.54, 1.807) is 0 Å². The van der Waals surface area contributed by atoms with Crippen LogP contribution in [0.2, 0.25) is 0 Å². The molecule has 0 amide bonds. The third-order valence-corrected chi connectivity index (χ3v) is 3.65. The number of hydrogen-bond donors (Lipinski definition) is 1. The fourth-order valence-corrected chi connectivity index (χ4v) is 2.50. The van der Waals surface area contributed by atoms with Crippen molar-refractivity contribution in [3.8, 4) is 0 Å². The van der Waals surface area contributed by atoms with Gasteiger partial charge >= 0.3 is 6.18 Å². The van der Waals surface area contributed by atoms with Crippen molar-refractivity contribution in [1.82, 2.24) is 9.80 Å². The Labute approximate surface area is 120 Å². The highest BCUT2D eigenvalue weighted by Crippen LogP contribution is 2.33. The van der Waals surface area contributed by atoms with Crippen LogP contribution >= 0.6 is 0 Å². The zero-order valence-electron chi connectivity index (χ0n) is 11.5. The van der Waals surface area contributed by atoms with Gasteiger partial charge in [0, 0.05) is 39.3 Å². The molecule has 1 saturated heterocycles. The highest BCUT2D eigenvalue weighted by Gasteiger charge is 2.34. The maximum atomic E-state index is 13.0. The van der Waals surface area contributed by atoms with Crippen LogP contribution in [-0.4, -0.2) is 54.2 Å². The second kappa shape index (κ2) is 6.72. The van der Waals surface area contributed by atoms with Gasteiger partial charge in [0.1, 0.15) is 5.82 Å². The third kappa shape index (κ3) is 4.39. The molecule has 2 rings (SSSR count). The van der Waals surface area contributed by atoms with Gasteiger partial charge in [-0.1, -0.05) is 6.07 Å². The maximum Gasteiger partial charge on any atom is 0.416 e. The van der Waals surface area contributed by atoms with E-state index in [-0.39, 0.29) is 18.7 Å². The number of halogens is 4. The maximum absolute atomic E-state index is 13.0. The monoisotopic (exact) mass is 306 g/mol. The number of hydrogen-bond acceptors (Lipinski definition) is 3. The first kappa shape index (κ1) is 16.2. The van der Waals surface area contributed by atoms with Gasteiger partial charge in [0.15, 0.2) is 0 Å². The average molecular weight is 306 g/mol. The van der Waals surface area contributed by atoms with Gasteiger partial charge in [0.25, 0.3) is 0 Å². The van der Waals surface area contributed by atoms with E-state index >= 15 is 0 Å². The zero-order chi connectivity index (χ0) is 15.5. The van der Waals surface area contributed by atoms with E-state index < -0.39 is 17.6 Å². The Kier molecular flexibility index (Phi) is 5.18. The van der Waals surface area contributed by atoms with Crippen LogP contribution in [0.15, 0.2) is 18.2 Å². The SMILES string of the molecule is OCCN1CCN(Cc2ccc(F)cc2C(F)(F)F)CC1. The summed E-state index contributed by atoms with van der Waals surface area (Å²) >= 11 is 0. The van der Waals surface area contributed by atoms with Crippen LogP contribution in [0.5, 0.6) is 0 Å². The minimum atomic E-state index is -4.55. The molecule has 1 heterocycles. The highest BCUT2D eigenvalue weighted by atomic mass is 19.4. The topological polar surface area (TPSA) is 26.7 Å². The summed E-state index contributed by atoms with van der Waals surface area (Å²) in [4.78, 5) is 3.97. The molecule has 21 heavy (non-hydrogen) atoms. The second-order valence-corrected chi connectivity index (χ2v) is 5.14. The van der Waals surface area contributed by atoms with Gasteiger partial charge in [-0.05, 0) is 17.7 Å². The summed E-state index contributed by atoms with van der Waals surface area (Å²) in [5, 5.41) is 8.86. The molecule has 0 atom stereocenters.